The summed E-state index contributed by atoms with van der Waals surface area (Å²) in [6.45, 7) is 9.66. The highest BCUT2D eigenvalue weighted by atomic mass is 16.5. The van der Waals surface area contributed by atoms with Crippen LogP contribution < -0.4 is 0 Å². The second-order valence-electron chi connectivity index (χ2n) is 3.29. The van der Waals surface area contributed by atoms with Gasteiger partial charge >= 0.3 is 11.9 Å². The molecule has 78 valence electrons. The lowest BCUT2D eigenvalue weighted by Gasteiger charge is -2.19. The summed E-state index contributed by atoms with van der Waals surface area (Å²) < 4.78 is 9.07. The maximum Gasteiger partial charge on any atom is 0.316 e. The van der Waals surface area contributed by atoms with E-state index in [-0.39, 0.29) is 6.42 Å². The predicted molar refractivity (Wildman–Crippen MR) is 51.0 cm³/mol. The zero-order valence-corrected chi connectivity index (χ0v) is 8.41. The Morgan fingerprint density at radius 3 is 2.14 bits per heavy atom. The Balaban J connectivity index is 4.31. The Labute approximate surface area is 83.2 Å². The van der Waals surface area contributed by atoms with Gasteiger partial charge in [-0.1, -0.05) is 13.2 Å². The largest absolute Gasteiger partial charge is 0.435 e. The third kappa shape index (κ3) is 3.89. The van der Waals surface area contributed by atoms with Crippen molar-refractivity contribution in [1.29, 1.82) is 0 Å². The molecule has 0 rings (SSSR count). The molecular formula is C10H14O4. The molecule has 0 aromatic carbocycles. The molecule has 0 amide bonds. The minimum absolute atomic E-state index is 0.0638. The standard InChI is InChI=1S/C10H14O4/c1-5-13-8(11)7-10(3,4)9(12)14-6-2/h5-6H,1-2,7H2,3-4H3. The van der Waals surface area contributed by atoms with Crippen molar-refractivity contribution in [2.45, 2.75) is 20.3 Å². The highest BCUT2D eigenvalue weighted by Crippen LogP contribution is 2.22. The van der Waals surface area contributed by atoms with Gasteiger partial charge in [-0.05, 0) is 13.8 Å². The Morgan fingerprint density at radius 2 is 1.71 bits per heavy atom. The van der Waals surface area contributed by atoms with Crippen LogP contribution in [0.2, 0.25) is 0 Å². The maximum absolute atomic E-state index is 11.3. The van der Waals surface area contributed by atoms with Crippen LogP contribution in [0.3, 0.4) is 0 Å². The second-order valence-corrected chi connectivity index (χ2v) is 3.29. The van der Waals surface area contributed by atoms with Gasteiger partial charge in [0.05, 0.1) is 24.4 Å². The van der Waals surface area contributed by atoms with Crippen LogP contribution in [-0.4, -0.2) is 11.9 Å². The van der Waals surface area contributed by atoms with Crippen molar-refractivity contribution in [3.63, 3.8) is 0 Å². The third-order valence-electron chi connectivity index (χ3n) is 1.54. The van der Waals surface area contributed by atoms with Crippen molar-refractivity contribution in [2.75, 3.05) is 0 Å². The van der Waals surface area contributed by atoms with Crippen molar-refractivity contribution in [1.82, 2.24) is 0 Å². The summed E-state index contributed by atoms with van der Waals surface area (Å²) in [7, 11) is 0. The fraction of sp³-hybridized carbons (Fsp3) is 0.400. The predicted octanol–water partition coefficient (Wildman–Crippen LogP) is 1.78. The van der Waals surface area contributed by atoms with Gasteiger partial charge in [0.2, 0.25) is 0 Å². The Morgan fingerprint density at radius 1 is 1.21 bits per heavy atom. The number of esters is 2. The van der Waals surface area contributed by atoms with Crippen molar-refractivity contribution in [3.05, 3.63) is 25.7 Å². The van der Waals surface area contributed by atoms with Gasteiger partial charge in [-0.3, -0.25) is 9.59 Å². The van der Waals surface area contributed by atoms with E-state index in [9.17, 15) is 9.59 Å². The highest BCUT2D eigenvalue weighted by molar-refractivity contribution is 5.83. The number of carbonyl (C=O) groups is 2. The van der Waals surface area contributed by atoms with E-state index in [4.69, 9.17) is 0 Å². The fourth-order valence-electron chi connectivity index (χ4n) is 0.803. The first-order chi connectivity index (χ1) is 6.44. The van der Waals surface area contributed by atoms with E-state index in [0.717, 1.165) is 12.5 Å². The zero-order chi connectivity index (χ0) is 11.2. The molecule has 0 saturated heterocycles. The molecule has 0 saturated carbocycles. The summed E-state index contributed by atoms with van der Waals surface area (Å²) in [5, 5.41) is 0. The zero-order valence-electron chi connectivity index (χ0n) is 8.41. The summed E-state index contributed by atoms with van der Waals surface area (Å²) in [6, 6.07) is 0. The van der Waals surface area contributed by atoms with Gasteiger partial charge in [0.1, 0.15) is 0 Å². The molecular weight excluding hydrogens is 184 g/mol. The van der Waals surface area contributed by atoms with Gasteiger partial charge in [0.25, 0.3) is 0 Å². The maximum atomic E-state index is 11.3. The molecule has 0 aliphatic heterocycles. The van der Waals surface area contributed by atoms with Gasteiger partial charge in [-0.15, -0.1) is 0 Å². The van der Waals surface area contributed by atoms with Crippen LogP contribution in [0.15, 0.2) is 25.7 Å². The van der Waals surface area contributed by atoms with E-state index >= 15 is 0 Å². The van der Waals surface area contributed by atoms with Crippen molar-refractivity contribution in [3.8, 4) is 0 Å². The Hall–Kier alpha value is -1.58. The number of ether oxygens (including phenoxy) is 2. The molecule has 0 bridgehead atoms. The molecule has 4 heteroatoms. The van der Waals surface area contributed by atoms with E-state index < -0.39 is 17.4 Å². The van der Waals surface area contributed by atoms with Crippen molar-refractivity contribution >= 4 is 11.9 Å². The minimum atomic E-state index is -0.922. The van der Waals surface area contributed by atoms with E-state index in [0.29, 0.717) is 0 Å². The first kappa shape index (κ1) is 12.4. The molecule has 0 fully saturated rings. The molecule has 0 unspecified atom stereocenters. The van der Waals surface area contributed by atoms with Gasteiger partial charge in [0.15, 0.2) is 0 Å². The first-order valence-electron chi connectivity index (χ1n) is 4.06. The quantitative estimate of drug-likeness (QED) is 0.499. The molecule has 0 aromatic rings. The first-order valence-corrected chi connectivity index (χ1v) is 4.06. The van der Waals surface area contributed by atoms with Crippen LogP contribution in [0.5, 0.6) is 0 Å². The Kier molecular flexibility index (Phi) is 4.63. The van der Waals surface area contributed by atoms with Crippen LogP contribution in [0.25, 0.3) is 0 Å². The van der Waals surface area contributed by atoms with Crippen LogP contribution in [0, 0.1) is 5.41 Å². The van der Waals surface area contributed by atoms with Crippen molar-refractivity contribution < 1.29 is 19.1 Å². The summed E-state index contributed by atoms with van der Waals surface area (Å²) >= 11 is 0. The van der Waals surface area contributed by atoms with Crippen LogP contribution >= 0.6 is 0 Å². The van der Waals surface area contributed by atoms with Gasteiger partial charge in [-0.25, -0.2) is 0 Å². The van der Waals surface area contributed by atoms with E-state index in [1.807, 2.05) is 0 Å². The van der Waals surface area contributed by atoms with E-state index in [1.54, 1.807) is 13.8 Å². The summed E-state index contributed by atoms with van der Waals surface area (Å²) in [5.74, 6) is -1.04. The summed E-state index contributed by atoms with van der Waals surface area (Å²) in [6.07, 6.45) is 1.99. The van der Waals surface area contributed by atoms with Gasteiger partial charge < -0.3 is 9.47 Å². The van der Waals surface area contributed by atoms with E-state index in [2.05, 4.69) is 22.6 Å². The molecule has 0 radical (unpaired) electrons. The van der Waals surface area contributed by atoms with Gasteiger partial charge in [0, 0.05) is 0 Å². The lowest BCUT2D eigenvalue weighted by Crippen LogP contribution is -2.28. The SMILES string of the molecule is C=COC(=O)CC(C)(C)C(=O)OC=C. The van der Waals surface area contributed by atoms with Crippen LogP contribution in [-0.2, 0) is 19.1 Å². The smallest absolute Gasteiger partial charge is 0.316 e. The third-order valence-corrected chi connectivity index (χ3v) is 1.54. The number of hydrogen-bond acceptors (Lipinski definition) is 4. The molecule has 14 heavy (non-hydrogen) atoms. The highest BCUT2D eigenvalue weighted by Gasteiger charge is 2.32. The average molecular weight is 198 g/mol. The normalized spacial score (nSPS) is 10.1. The lowest BCUT2D eigenvalue weighted by atomic mass is 9.90. The van der Waals surface area contributed by atoms with Crippen molar-refractivity contribution in [2.24, 2.45) is 5.41 Å². The van der Waals surface area contributed by atoms with Crippen LogP contribution in [0.4, 0.5) is 0 Å². The lowest BCUT2D eigenvalue weighted by molar-refractivity contribution is -0.154. The Bertz CT molecular complexity index is 253. The number of carbonyl (C=O) groups excluding carboxylic acids is 2. The van der Waals surface area contributed by atoms with E-state index in [1.165, 1.54) is 0 Å². The van der Waals surface area contributed by atoms with Gasteiger partial charge in [-0.2, -0.15) is 0 Å². The molecule has 0 aliphatic carbocycles. The fourth-order valence-corrected chi connectivity index (χ4v) is 0.803. The molecule has 0 atom stereocenters. The number of rotatable bonds is 5. The molecule has 0 N–H and O–H groups in total. The molecule has 4 nitrogen and oxygen atoms in total. The minimum Gasteiger partial charge on any atom is -0.435 e. The average Bonchev–Trinajstić information content (AvgIpc) is 2.03. The van der Waals surface area contributed by atoms with Crippen LogP contribution in [0.1, 0.15) is 20.3 Å². The topological polar surface area (TPSA) is 52.6 Å². The number of hydrogen-bond donors (Lipinski definition) is 0. The second kappa shape index (κ2) is 5.21. The summed E-state index contributed by atoms with van der Waals surface area (Å²) in [5.41, 5.74) is -0.922. The molecule has 0 aliphatic rings. The molecule has 0 spiro atoms. The summed E-state index contributed by atoms with van der Waals surface area (Å²) in [4.78, 5) is 22.3. The monoisotopic (exact) mass is 198 g/mol. The molecule has 0 aromatic heterocycles. The molecule has 0 heterocycles.